The Morgan fingerprint density at radius 1 is 0.394 bits per heavy atom. The molecule has 0 saturated heterocycles. The molecule has 3 heteroatoms. The first-order valence-electron chi connectivity index (χ1n) is 11.2. The number of fused-ring (bicyclic) bond motifs is 14. The lowest BCUT2D eigenvalue weighted by Gasteiger charge is -2.00. The van der Waals surface area contributed by atoms with Gasteiger partial charge in [0.1, 0.15) is 22.3 Å². The predicted octanol–water partition coefficient (Wildman–Crippen LogP) is 8.64. The topological polar surface area (TPSA) is 30.7 Å². The summed E-state index contributed by atoms with van der Waals surface area (Å²) in [4.78, 5) is 0. The molecule has 0 aliphatic carbocycles. The van der Waals surface area contributed by atoms with Crippen LogP contribution in [0.4, 0.5) is 0 Å². The summed E-state index contributed by atoms with van der Waals surface area (Å²) in [6, 6.07) is 32.0. The molecule has 0 radical (unpaired) electrons. The quantitative estimate of drug-likeness (QED) is 0.245. The third-order valence-electron chi connectivity index (χ3n) is 7.32. The summed E-state index contributed by atoms with van der Waals surface area (Å²) in [5.41, 5.74) is 7.42. The van der Waals surface area contributed by atoms with Crippen LogP contribution in [0.1, 0.15) is 0 Å². The van der Waals surface area contributed by atoms with Crippen LogP contribution in [0.15, 0.2) is 99.8 Å². The van der Waals surface area contributed by atoms with Gasteiger partial charge in [0.25, 0.3) is 0 Å². The average molecular weight is 421 g/mol. The van der Waals surface area contributed by atoms with Crippen molar-refractivity contribution in [2.24, 2.45) is 0 Å². The number of rotatable bonds is 0. The van der Waals surface area contributed by atoms with Crippen LogP contribution in [0.2, 0.25) is 0 Å². The molecule has 0 amide bonds. The van der Waals surface area contributed by atoms with E-state index in [2.05, 4.69) is 71.1 Å². The largest absolute Gasteiger partial charge is 0.456 e. The fourth-order valence-electron chi connectivity index (χ4n) is 6.09. The fraction of sp³-hybridized carbons (Fsp3) is 0. The van der Waals surface area contributed by atoms with Crippen molar-refractivity contribution in [3.05, 3.63) is 91.0 Å². The molecule has 0 fully saturated rings. The minimum absolute atomic E-state index is 0.932. The molecule has 9 aromatic rings. The Morgan fingerprint density at radius 3 is 1.42 bits per heavy atom. The van der Waals surface area contributed by atoms with Crippen molar-refractivity contribution in [1.82, 2.24) is 4.40 Å². The highest BCUT2D eigenvalue weighted by Gasteiger charge is 2.23. The zero-order valence-electron chi connectivity index (χ0n) is 17.4. The second-order valence-corrected chi connectivity index (χ2v) is 8.90. The molecule has 0 N–H and O–H groups in total. The first-order chi connectivity index (χ1) is 16.4. The lowest BCUT2D eigenvalue weighted by Crippen LogP contribution is -1.80. The number of aromatic nitrogens is 1. The summed E-state index contributed by atoms with van der Waals surface area (Å²) >= 11 is 0. The summed E-state index contributed by atoms with van der Waals surface area (Å²) in [5.74, 6) is 0. The predicted molar refractivity (Wildman–Crippen MR) is 136 cm³/mol. The van der Waals surface area contributed by atoms with Crippen LogP contribution in [0, 0.1) is 0 Å². The Balaban J connectivity index is 1.62. The maximum atomic E-state index is 6.21. The van der Waals surface area contributed by atoms with E-state index in [4.69, 9.17) is 8.83 Å². The molecular formula is C30H15NO2. The SMILES string of the molecule is c1ccc2c(c1)oc1ccc3c(c4cccc5c6c7c(ccc6n3c45)oc3ccccc37)c12. The Kier molecular flexibility index (Phi) is 2.59. The van der Waals surface area contributed by atoms with Gasteiger partial charge in [0, 0.05) is 43.1 Å². The second kappa shape index (κ2) is 5.28. The molecule has 9 rings (SSSR count). The fourth-order valence-corrected chi connectivity index (χ4v) is 6.09. The molecule has 4 heterocycles. The molecule has 0 unspecified atom stereocenters. The number of hydrogen-bond acceptors (Lipinski definition) is 2. The lowest BCUT2D eigenvalue weighted by molar-refractivity contribution is 0.669. The van der Waals surface area contributed by atoms with Gasteiger partial charge in [-0.2, -0.15) is 0 Å². The molecule has 0 spiro atoms. The zero-order valence-corrected chi connectivity index (χ0v) is 17.4. The van der Waals surface area contributed by atoms with E-state index in [-0.39, 0.29) is 0 Å². The van der Waals surface area contributed by atoms with E-state index in [1.807, 2.05) is 24.3 Å². The highest BCUT2D eigenvalue weighted by Crippen LogP contribution is 2.46. The molecule has 0 aliphatic rings. The van der Waals surface area contributed by atoms with Crippen LogP contribution in [0.25, 0.3) is 82.0 Å². The standard InChI is InChI=1S/C30H15NO2/c1-3-10-22-16(6-1)28-24(32-22)14-12-20-26(28)18-8-5-9-19-27-21(31(20)30(18)19)13-15-25-29(27)17-7-2-4-11-23(17)33-25/h1-15H. The number of hydrogen-bond donors (Lipinski definition) is 0. The Hall–Kier alpha value is -4.50. The molecule has 0 saturated carbocycles. The van der Waals surface area contributed by atoms with E-state index < -0.39 is 0 Å². The van der Waals surface area contributed by atoms with Crippen molar-refractivity contribution in [2.75, 3.05) is 0 Å². The molecule has 152 valence electrons. The van der Waals surface area contributed by atoms with Gasteiger partial charge in [0.2, 0.25) is 0 Å². The van der Waals surface area contributed by atoms with Crippen LogP contribution in [0.5, 0.6) is 0 Å². The van der Waals surface area contributed by atoms with E-state index in [1.165, 1.54) is 59.6 Å². The van der Waals surface area contributed by atoms with Gasteiger partial charge in [-0.25, -0.2) is 0 Å². The first kappa shape index (κ1) is 16.2. The third-order valence-corrected chi connectivity index (χ3v) is 7.32. The molecule has 5 aromatic carbocycles. The number of benzene rings is 5. The van der Waals surface area contributed by atoms with E-state index in [0.717, 1.165) is 22.3 Å². The van der Waals surface area contributed by atoms with Crippen LogP contribution in [-0.4, -0.2) is 4.40 Å². The molecule has 33 heavy (non-hydrogen) atoms. The van der Waals surface area contributed by atoms with Crippen molar-refractivity contribution >= 4 is 82.0 Å². The van der Waals surface area contributed by atoms with Gasteiger partial charge in [-0.3, -0.25) is 0 Å². The number of para-hydroxylation sites is 3. The van der Waals surface area contributed by atoms with E-state index in [1.54, 1.807) is 0 Å². The summed E-state index contributed by atoms with van der Waals surface area (Å²) < 4.78 is 14.8. The normalized spacial score (nSPS) is 12.8. The Morgan fingerprint density at radius 2 is 0.879 bits per heavy atom. The lowest BCUT2D eigenvalue weighted by atomic mass is 10.0. The molecule has 4 aromatic heterocycles. The van der Waals surface area contributed by atoms with Crippen LogP contribution in [0.3, 0.4) is 0 Å². The van der Waals surface area contributed by atoms with Crippen molar-refractivity contribution < 1.29 is 8.83 Å². The number of furan rings is 2. The minimum Gasteiger partial charge on any atom is -0.456 e. The minimum atomic E-state index is 0.932. The zero-order chi connectivity index (χ0) is 21.3. The van der Waals surface area contributed by atoms with E-state index in [9.17, 15) is 0 Å². The summed E-state index contributed by atoms with van der Waals surface area (Å²) in [7, 11) is 0. The van der Waals surface area contributed by atoms with Crippen LogP contribution in [-0.2, 0) is 0 Å². The summed E-state index contributed by atoms with van der Waals surface area (Å²) in [6.07, 6.45) is 0. The van der Waals surface area contributed by atoms with Crippen molar-refractivity contribution in [3.8, 4) is 0 Å². The van der Waals surface area contributed by atoms with Gasteiger partial charge in [-0.1, -0.05) is 54.6 Å². The van der Waals surface area contributed by atoms with Gasteiger partial charge in [0.05, 0.1) is 16.6 Å². The van der Waals surface area contributed by atoms with E-state index in [0.29, 0.717) is 0 Å². The second-order valence-electron chi connectivity index (χ2n) is 8.90. The van der Waals surface area contributed by atoms with Crippen molar-refractivity contribution in [2.45, 2.75) is 0 Å². The highest BCUT2D eigenvalue weighted by atomic mass is 16.3. The van der Waals surface area contributed by atoms with Gasteiger partial charge in [0.15, 0.2) is 0 Å². The highest BCUT2D eigenvalue weighted by molar-refractivity contribution is 6.35. The van der Waals surface area contributed by atoms with Gasteiger partial charge >= 0.3 is 0 Å². The summed E-state index contributed by atoms with van der Waals surface area (Å²) in [5, 5.41) is 9.77. The van der Waals surface area contributed by atoms with Crippen LogP contribution >= 0.6 is 0 Å². The Labute approximate surface area is 186 Å². The van der Waals surface area contributed by atoms with Gasteiger partial charge < -0.3 is 13.2 Å². The molecule has 0 atom stereocenters. The molecular weight excluding hydrogens is 406 g/mol. The maximum Gasteiger partial charge on any atom is 0.136 e. The Bertz CT molecular complexity index is 2080. The van der Waals surface area contributed by atoms with Crippen molar-refractivity contribution in [1.29, 1.82) is 0 Å². The molecule has 0 bridgehead atoms. The van der Waals surface area contributed by atoms with Gasteiger partial charge in [-0.05, 0) is 36.4 Å². The monoisotopic (exact) mass is 421 g/mol. The summed E-state index contributed by atoms with van der Waals surface area (Å²) in [6.45, 7) is 0. The number of nitrogens with zero attached hydrogens (tertiary/aromatic N) is 1. The maximum absolute atomic E-state index is 6.21. The van der Waals surface area contributed by atoms with Crippen molar-refractivity contribution in [3.63, 3.8) is 0 Å². The molecule has 0 aliphatic heterocycles. The van der Waals surface area contributed by atoms with E-state index >= 15 is 0 Å². The molecule has 3 nitrogen and oxygen atoms in total. The smallest absolute Gasteiger partial charge is 0.136 e. The average Bonchev–Trinajstić information content (AvgIpc) is 3.58. The van der Waals surface area contributed by atoms with Gasteiger partial charge in [-0.15, -0.1) is 0 Å². The third kappa shape index (κ3) is 1.74. The van der Waals surface area contributed by atoms with Crippen LogP contribution < -0.4 is 0 Å². The first-order valence-corrected chi connectivity index (χ1v) is 11.2.